The first kappa shape index (κ1) is 18.5. The number of terminal acetylenes is 1. The van der Waals surface area contributed by atoms with Crippen LogP contribution in [-0.4, -0.2) is 16.6 Å². The number of hydrogen-bond acceptors (Lipinski definition) is 5. The summed E-state index contributed by atoms with van der Waals surface area (Å²) in [4.78, 5) is 16.2. The van der Waals surface area contributed by atoms with Gasteiger partial charge in [0.25, 0.3) is 0 Å². The quantitative estimate of drug-likeness (QED) is 0.682. The molecule has 1 aliphatic rings. The summed E-state index contributed by atoms with van der Waals surface area (Å²) in [7, 11) is 0. The first-order valence-electron chi connectivity index (χ1n) is 8.61. The van der Waals surface area contributed by atoms with Crippen LogP contribution in [0.5, 0.6) is 11.6 Å². The topological polar surface area (TPSA) is 75.9 Å². The maximum absolute atomic E-state index is 13.2. The number of carbonyl (C=O) groups excluding carboxylic acids is 1. The van der Waals surface area contributed by atoms with Gasteiger partial charge in [0.15, 0.2) is 5.66 Å². The van der Waals surface area contributed by atoms with E-state index >= 15 is 0 Å². The maximum atomic E-state index is 13.2. The molecule has 0 unspecified atom stereocenters. The Kier molecular flexibility index (Phi) is 5.77. The van der Waals surface area contributed by atoms with Crippen molar-refractivity contribution in [2.75, 3.05) is 0 Å². The number of nitrogens with zero attached hydrogens (tertiary/aromatic N) is 3. The normalized spacial score (nSPS) is 13.6. The average Bonchev–Trinajstić information content (AvgIpc) is 3.45. The molecule has 138 valence electrons. The van der Waals surface area contributed by atoms with Gasteiger partial charge in [0, 0.05) is 50.6 Å². The van der Waals surface area contributed by atoms with Gasteiger partial charge >= 0.3 is 0 Å². The van der Waals surface area contributed by atoms with E-state index in [4.69, 9.17) is 11.2 Å². The number of aromatic nitrogens is 1. The third-order valence-electron chi connectivity index (χ3n) is 4.11. The average molecular weight is 366 g/mol. The second kappa shape index (κ2) is 8.41. The van der Waals surface area contributed by atoms with Gasteiger partial charge in [-0.2, -0.15) is 10.2 Å². The predicted molar refractivity (Wildman–Crippen MR) is 97.4 cm³/mol. The van der Waals surface area contributed by atoms with Gasteiger partial charge in [-0.05, 0) is 17.7 Å². The molecule has 0 atom stereocenters. The standard InChI is InChI=1S/C20H19FN4O2/c1-2-3-10-20(24-25-20)11-9-18(26)22-13-15-7-8-19(23-14-15)27-17-6-4-5-16(21)12-17/h1,4-8,12,14H,3,9-11,13H2,(H,22,26). The maximum Gasteiger partial charge on any atom is 0.220 e. The van der Waals surface area contributed by atoms with Crippen LogP contribution in [0.3, 0.4) is 0 Å². The van der Waals surface area contributed by atoms with Crippen molar-refractivity contribution in [3.63, 3.8) is 0 Å². The van der Waals surface area contributed by atoms with E-state index in [1.54, 1.807) is 30.5 Å². The molecule has 2 heterocycles. The van der Waals surface area contributed by atoms with E-state index < -0.39 is 5.66 Å². The first-order valence-corrected chi connectivity index (χ1v) is 8.61. The third kappa shape index (κ3) is 5.61. The van der Waals surface area contributed by atoms with Gasteiger partial charge in [-0.25, -0.2) is 9.37 Å². The van der Waals surface area contributed by atoms with E-state index in [2.05, 4.69) is 26.4 Å². The fraction of sp³-hybridized carbons (Fsp3) is 0.300. The van der Waals surface area contributed by atoms with Gasteiger partial charge < -0.3 is 10.1 Å². The fourth-order valence-corrected chi connectivity index (χ4v) is 2.50. The highest BCUT2D eigenvalue weighted by atomic mass is 19.1. The molecule has 1 amide bonds. The largest absolute Gasteiger partial charge is 0.439 e. The molecule has 27 heavy (non-hydrogen) atoms. The molecule has 7 heteroatoms. The lowest BCUT2D eigenvalue weighted by Crippen LogP contribution is -2.24. The summed E-state index contributed by atoms with van der Waals surface area (Å²) in [6.07, 6.45) is 9.05. The summed E-state index contributed by atoms with van der Waals surface area (Å²) in [5.41, 5.74) is 0.388. The number of halogens is 1. The Hall–Kier alpha value is -3.27. The van der Waals surface area contributed by atoms with Gasteiger partial charge in [-0.15, -0.1) is 12.3 Å². The van der Waals surface area contributed by atoms with Crippen molar-refractivity contribution < 1.29 is 13.9 Å². The fourth-order valence-electron chi connectivity index (χ4n) is 2.50. The van der Waals surface area contributed by atoms with Crippen LogP contribution in [0.25, 0.3) is 0 Å². The van der Waals surface area contributed by atoms with E-state index in [1.165, 1.54) is 12.1 Å². The summed E-state index contributed by atoms with van der Waals surface area (Å²) < 4.78 is 18.6. The molecule has 0 saturated heterocycles. The van der Waals surface area contributed by atoms with Crippen molar-refractivity contribution in [3.8, 4) is 24.0 Å². The highest BCUT2D eigenvalue weighted by molar-refractivity contribution is 5.76. The molecule has 0 spiro atoms. The van der Waals surface area contributed by atoms with Crippen molar-refractivity contribution in [2.45, 2.75) is 37.9 Å². The minimum absolute atomic E-state index is 0.0764. The molecule has 1 aromatic heterocycles. The number of carbonyl (C=O) groups is 1. The van der Waals surface area contributed by atoms with E-state index in [0.717, 1.165) is 5.56 Å². The Bertz CT molecular complexity index is 868. The molecule has 2 aromatic rings. The van der Waals surface area contributed by atoms with Crippen LogP contribution >= 0.6 is 0 Å². The predicted octanol–water partition coefficient (Wildman–Crippen LogP) is 3.98. The molecule has 1 aliphatic heterocycles. The van der Waals surface area contributed by atoms with Crippen LogP contribution in [0.4, 0.5) is 4.39 Å². The Labute approximate surface area is 156 Å². The van der Waals surface area contributed by atoms with Gasteiger partial charge in [-0.1, -0.05) is 12.1 Å². The molecule has 3 rings (SSSR count). The van der Waals surface area contributed by atoms with Gasteiger partial charge in [0.05, 0.1) is 0 Å². The van der Waals surface area contributed by atoms with Gasteiger partial charge in [0.2, 0.25) is 11.8 Å². The Morgan fingerprint density at radius 1 is 1.26 bits per heavy atom. The third-order valence-corrected chi connectivity index (χ3v) is 4.11. The molecule has 1 aromatic carbocycles. The Morgan fingerprint density at radius 2 is 2.11 bits per heavy atom. The van der Waals surface area contributed by atoms with Crippen molar-refractivity contribution in [3.05, 3.63) is 54.0 Å². The zero-order valence-corrected chi connectivity index (χ0v) is 14.7. The molecule has 0 saturated carbocycles. The lowest BCUT2D eigenvalue weighted by molar-refractivity contribution is -0.121. The molecule has 0 aliphatic carbocycles. The molecular formula is C20H19FN4O2. The number of ether oxygens (including phenoxy) is 1. The van der Waals surface area contributed by atoms with Crippen molar-refractivity contribution in [1.29, 1.82) is 0 Å². The van der Waals surface area contributed by atoms with Crippen LogP contribution in [-0.2, 0) is 11.3 Å². The van der Waals surface area contributed by atoms with E-state index in [1.807, 2.05) is 0 Å². The number of nitrogens with one attached hydrogen (secondary N) is 1. The first-order chi connectivity index (χ1) is 13.1. The van der Waals surface area contributed by atoms with Crippen LogP contribution in [0.1, 0.15) is 31.2 Å². The lowest BCUT2D eigenvalue weighted by atomic mass is 10.0. The number of rotatable bonds is 9. The summed E-state index contributed by atoms with van der Waals surface area (Å²) in [6.45, 7) is 0.359. The number of pyridine rings is 1. The highest BCUT2D eigenvalue weighted by Crippen LogP contribution is 2.37. The number of amides is 1. The highest BCUT2D eigenvalue weighted by Gasteiger charge is 2.39. The van der Waals surface area contributed by atoms with Crippen molar-refractivity contribution in [2.24, 2.45) is 10.2 Å². The monoisotopic (exact) mass is 366 g/mol. The second-order valence-electron chi connectivity index (χ2n) is 6.23. The summed E-state index contributed by atoms with van der Waals surface area (Å²) in [5, 5.41) is 10.9. The molecule has 0 bridgehead atoms. The SMILES string of the molecule is C#CCCC1(CCC(=O)NCc2ccc(Oc3cccc(F)c3)nc2)N=N1. The lowest BCUT2D eigenvalue weighted by Gasteiger charge is -2.09. The van der Waals surface area contributed by atoms with Crippen molar-refractivity contribution in [1.82, 2.24) is 10.3 Å². The van der Waals surface area contributed by atoms with Crippen molar-refractivity contribution >= 4 is 5.91 Å². The molecule has 0 radical (unpaired) electrons. The number of hydrogen-bond donors (Lipinski definition) is 1. The molecular weight excluding hydrogens is 347 g/mol. The van der Waals surface area contributed by atoms with Crippen LogP contribution < -0.4 is 10.1 Å². The van der Waals surface area contributed by atoms with Crippen LogP contribution in [0.15, 0.2) is 52.8 Å². The molecule has 0 fully saturated rings. The minimum atomic E-state index is -0.443. The smallest absolute Gasteiger partial charge is 0.220 e. The zero-order chi connectivity index (χ0) is 19.1. The van der Waals surface area contributed by atoms with E-state index in [-0.39, 0.29) is 11.7 Å². The second-order valence-corrected chi connectivity index (χ2v) is 6.23. The Morgan fingerprint density at radius 3 is 2.78 bits per heavy atom. The van der Waals surface area contributed by atoms with E-state index in [9.17, 15) is 9.18 Å². The van der Waals surface area contributed by atoms with Crippen LogP contribution in [0.2, 0.25) is 0 Å². The van der Waals surface area contributed by atoms with Gasteiger partial charge in [-0.3, -0.25) is 4.79 Å². The minimum Gasteiger partial charge on any atom is -0.439 e. The Balaban J connectivity index is 1.42. The summed E-state index contributed by atoms with van der Waals surface area (Å²) in [6, 6.07) is 9.30. The molecule has 6 nitrogen and oxygen atoms in total. The molecule has 1 N–H and O–H groups in total. The van der Waals surface area contributed by atoms with Gasteiger partial charge in [0.1, 0.15) is 11.6 Å². The van der Waals surface area contributed by atoms with E-state index in [0.29, 0.717) is 43.9 Å². The summed E-state index contributed by atoms with van der Waals surface area (Å²) in [5.74, 6) is 2.84. The zero-order valence-electron chi connectivity index (χ0n) is 14.7. The number of benzene rings is 1. The van der Waals surface area contributed by atoms with Crippen LogP contribution in [0, 0.1) is 18.2 Å². The summed E-state index contributed by atoms with van der Waals surface area (Å²) >= 11 is 0.